The number of hydrogen-bond acceptors (Lipinski definition) is 2. The number of nitrogens with one attached hydrogen (secondary N) is 1. The molecule has 1 atom stereocenters. The molecule has 0 radical (unpaired) electrons. The van der Waals surface area contributed by atoms with Crippen LogP contribution in [0.15, 0.2) is 30.3 Å². The number of carbonyl (C=O) groups excluding carboxylic acids is 1. The van der Waals surface area contributed by atoms with Gasteiger partial charge in [0.15, 0.2) is 0 Å². The molecule has 0 aliphatic rings. The molecule has 2 N–H and O–H groups in total. The lowest BCUT2D eigenvalue weighted by molar-refractivity contribution is -0.122. The van der Waals surface area contributed by atoms with Crippen molar-refractivity contribution in [3.05, 3.63) is 35.9 Å². The first-order chi connectivity index (χ1) is 9.06. The van der Waals surface area contributed by atoms with Crippen LogP contribution in [0.3, 0.4) is 0 Å². The van der Waals surface area contributed by atoms with E-state index in [4.69, 9.17) is 0 Å². The Bertz CT molecular complexity index is 374. The zero-order valence-corrected chi connectivity index (χ0v) is 12.0. The van der Waals surface area contributed by atoms with Crippen LogP contribution in [0.5, 0.6) is 0 Å². The van der Waals surface area contributed by atoms with Crippen molar-refractivity contribution in [3.8, 4) is 0 Å². The van der Waals surface area contributed by atoms with Gasteiger partial charge in [0, 0.05) is 6.42 Å². The molecule has 0 aliphatic carbocycles. The quantitative estimate of drug-likeness (QED) is 0.708. The molecule has 0 saturated heterocycles. The molecule has 1 aromatic rings. The minimum absolute atomic E-state index is 0.0207. The van der Waals surface area contributed by atoms with Crippen molar-refractivity contribution in [1.29, 1.82) is 0 Å². The minimum Gasteiger partial charge on any atom is -0.384 e. The van der Waals surface area contributed by atoms with E-state index in [-0.39, 0.29) is 12.5 Å². The van der Waals surface area contributed by atoms with Gasteiger partial charge in [0.05, 0.1) is 6.54 Å². The van der Waals surface area contributed by atoms with Crippen LogP contribution in [-0.4, -0.2) is 17.6 Å². The van der Waals surface area contributed by atoms with Gasteiger partial charge in [-0.1, -0.05) is 56.5 Å². The Kier molecular flexibility index (Phi) is 6.57. The molecule has 1 unspecified atom stereocenters. The van der Waals surface area contributed by atoms with Crippen molar-refractivity contribution >= 4 is 5.91 Å². The monoisotopic (exact) mass is 263 g/mol. The van der Waals surface area contributed by atoms with Crippen LogP contribution < -0.4 is 5.32 Å². The van der Waals surface area contributed by atoms with Gasteiger partial charge in [-0.05, 0) is 18.9 Å². The Morgan fingerprint density at radius 1 is 1.21 bits per heavy atom. The summed E-state index contributed by atoms with van der Waals surface area (Å²) in [5.41, 5.74) is -0.193. The van der Waals surface area contributed by atoms with Crippen molar-refractivity contribution < 1.29 is 9.90 Å². The zero-order chi connectivity index (χ0) is 14.1. The van der Waals surface area contributed by atoms with Gasteiger partial charge in [-0.25, -0.2) is 0 Å². The van der Waals surface area contributed by atoms with Crippen molar-refractivity contribution in [3.63, 3.8) is 0 Å². The van der Waals surface area contributed by atoms with E-state index in [2.05, 4.69) is 12.2 Å². The van der Waals surface area contributed by atoms with Gasteiger partial charge in [-0.2, -0.15) is 0 Å². The average Bonchev–Trinajstić information content (AvgIpc) is 2.42. The van der Waals surface area contributed by atoms with Crippen LogP contribution in [0.4, 0.5) is 0 Å². The van der Waals surface area contributed by atoms with Crippen LogP contribution >= 0.6 is 0 Å². The molecule has 0 spiro atoms. The van der Waals surface area contributed by atoms with Crippen LogP contribution in [-0.2, 0) is 10.4 Å². The fourth-order valence-electron chi connectivity index (χ4n) is 1.97. The molecule has 3 heteroatoms. The highest BCUT2D eigenvalue weighted by Gasteiger charge is 2.23. The van der Waals surface area contributed by atoms with E-state index in [1.165, 1.54) is 12.8 Å². The van der Waals surface area contributed by atoms with E-state index in [0.717, 1.165) is 18.4 Å². The number of aliphatic hydroxyl groups is 1. The van der Waals surface area contributed by atoms with Crippen molar-refractivity contribution in [1.82, 2.24) is 5.32 Å². The molecule has 0 aliphatic heterocycles. The summed E-state index contributed by atoms with van der Waals surface area (Å²) < 4.78 is 0. The van der Waals surface area contributed by atoms with Crippen molar-refractivity contribution in [2.45, 2.75) is 51.6 Å². The molecule has 3 nitrogen and oxygen atoms in total. The van der Waals surface area contributed by atoms with Crippen molar-refractivity contribution in [2.75, 3.05) is 6.54 Å². The SMILES string of the molecule is CCCCCCC(=O)NCC(C)(O)c1ccccc1. The number of benzene rings is 1. The first kappa shape index (κ1) is 15.7. The maximum absolute atomic E-state index is 11.7. The van der Waals surface area contributed by atoms with Crippen LogP contribution in [0.1, 0.15) is 51.5 Å². The standard InChI is InChI=1S/C16H25NO2/c1-3-4-5-9-12-15(18)17-13-16(2,19)14-10-7-6-8-11-14/h6-8,10-11,19H,3-5,9,12-13H2,1-2H3,(H,17,18). The number of unbranched alkanes of at least 4 members (excludes halogenated alkanes) is 3. The number of carbonyl (C=O) groups is 1. The Hall–Kier alpha value is -1.35. The lowest BCUT2D eigenvalue weighted by atomic mass is 9.96. The fourth-order valence-corrected chi connectivity index (χ4v) is 1.97. The largest absolute Gasteiger partial charge is 0.384 e. The second kappa shape index (κ2) is 7.95. The summed E-state index contributed by atoms with van der Waals surface area (Å²) >= 11 is 0. The van der Waals surface area contributed by atoms with Crippen molar-refractivity contribution in [2.24, 2.45) is 0 Å². The molecule has 1 aromatic carbocycles. The Balaban J connectivity index is 2.33. The molecule has 19 heavy (non-hydrogen) atoms. The highest BCUT2D eigenvalue weighted by atomic mass is 16.3. The topological polar surface area (TPSA) is 49.3 Å². The van der Waals surface area contributed by atoms with E-state index >= 15 is 0 Å². The summed E-state index contributed by atoms with van der Waals surface area (Å²) in [5, 5.41) is 13.1. The minimum atomic E-state index is -1.01. The van der Waals surface area contributed by atoms with E-state index in [0.29, 0.717) is 6.42 Å². The molecule has 0 saturated carbocycles. The predicted molar refractivity (Wildman–Crippen MR) is 77.8 cm³/mol. The molecule has 0 heterocycles. The first-order valence-electron chi connectivity index (χ1n) is 7.11. The lowest BCUT2D eigenvalue weighted by Crippen LogP contribution is -2.38. The van der Waals surface area contributed by atoms with Gasteiger partial charge >= 0.3 is 0 Å². The summed E-state index contributed by atoms with van der Waals surface area (Å²) in [7, 11) is 0. The normalized spacial score (nSPS) is 13.8. The lowest BCUT2D eigenvalue weighted by Gasteiger charge is -2.24. The van der Waals surface area contributed by atoms with E-state index < -0.39 is 5.60 Å². The molecule has 0 bridgehead atoms. The molecule has 0 fully saturated rings. The second-order valence-electron chi connectivity index (χ2n) is 5.23. The third-order valence-electron chi connectivity index (χ3n) is 3.28. The van der Waals surface area contributed by atoms with Gasteiger partial charge in [-0.3, -0.25) is 4.79 Å². The third kappa shape index (κ3) is 5.88. The summed E-state index contributed by atoms with van der Waals surface area (Å²) in [5.74, 6) is 0.0207. The Morgan fingerprint density at radius 2 is 1.89 bits per heavy atom. The van der Waals surface area contributed by atoms with E-state index in [1.807, 2.05) is 30.3 Å². The van der Waals surface area contributed by atoms with E-state index in [9.17, 15) is 9.90 Å². The molecule has 0 aromatic heterocycles. The average molecular weight is 263 g/mol. The van der Waals surface area contributed by atoms with Gasteiger partial charge in [0.2, 0.25) is 5.91 Å². The molecule has 106 valence electrons. The number of amides is 1. The van der Waals surface area contributed by atoms with Crippen LogP contribution in [0.25, 0.3) is 0 Å². The maximum atomic E-state index is 11.7. The van der Waals surface area contributed by atoms with Gasteiger partial charge in [-0.15, -0.1) is 0 Å². The fraction of sp³-hybridized carbons (Fsp3) is 0.562. The Labute approximate surface area is 116 Å². The molecular formula is C16H25NO2. The maximum Gasteiger partial charge on any atom is 0.220 e. The molecule has 1 amide bonds. The zero-order valence-electron chi connectivity index (χ0n) is 12.0. The van der Waals surface area contributed by atoms with Crippen LogP contribution in [0.2, 0.25) is 0 Å². The smallest absolute Gasteiger partial charge is 0.220 e. The molecule has 1 rings (SSSR count). The summed E-state index contributed by atoms with van der Waals surface area (Å²) in [6, 6.07) is 9.42. The number of hydrogen-bond donors (Lipinski definition) is 2. The highest BCUT2D eigenvalue weighted by molar-refractivity contribution is 5.75. The molecular weight excluding hydrogens is 238 g/mol. The van der Waals surface area contributed by atoms with E-state index in [1.54, 1.807) is 6.92 Å². The third-order valence-corrected chi connectivity index (χ3v) is 3.28. The summed E-state index contributed by atoms with van der Waals surface area (Å²) in [6.07, 6.45) is 4.91. The second-order valence-corrected chi connectivity index (χ2v) is 5.23. The predicted octanol–water partition coefficient (Wildman–Crippen LogP) is 2.98. The summed E-state index contributed by atoms with van der Waals surface area (Å²) in [6.45, 7) is 4.13. The van der Waals surface area contributed by atoms with Gasteiger partial charge in [0.25, 0.3) is 0 Å². The summed E-state index contributed by atoms with van der Waals surface area (Å²) in [4.78, 5) is 11.7. The number of rotatable bonds is 8. The Morgan fingerprint density at radius 3 is 2.53 bits per heavy atom. The first-order valence-corrected chi connectivity index (χ1v) is 7.11. The van der Waals surface area contributed by atoms with Crippen LogP contribution in [0, 0.1) is 0 Å². The van der Waals surface area contributed by atoms with Gasteiger partial charge < -0.3 is 10.4 Å². The highest BCUT2D eigenvalue weighted by Crippen LogP contribution is 2.18. The van der Waals surface area contributed by atoms with Gasteiger partial charge in [0.1, 0.15) is 5.60 Å².